The number of amides is 4. The summed E-state index contributed by atoms with van der Waals surface area (Å²) in [5.74, 6) is -3.71. The molecule has 0 aromatic carbocycles. The Kier molecular flexibility index (Phi) is 9.66. The van der Waals surface area contributed by atoms with Gasteiger partial charge in [0.1, 0.15) is 18.1 Å². The van der Waals surface area contributed by atoms with E-state index in [1.165, 1.54) is 17.4 Å². The van der Waals surface area contributed by atoms with Crippen molar-refractivity contribution in [3.63, 3.8) is 0 Å². The van der Waals surface area contributed by atoms with Gasteiger partial charge in [-0.05, 0) is 19.3 Å². The Labute approximate surface area is 195 Å². The van der Waals surface area contributed by atoms with Gasteiger partial charge in [0.25, 0.3) is 0 Å². The second-order valence-corrected chi connectivity index (χ2v) is 8.09. The van der Waals surface area contributed by atoms with E-state index in [1.807, 2.05) is 0 Å². The molecular weight excluding hydrogens is 454 g/mol. The molecule has 4 atom stereocenters. The molecule has 0 spiro atoms. The highest BCUT2D eigenvalue weighted by Crippen LogP contribution is 2.19. The Balaban J connectivity index is 2.10. The predicted octanol–water partition coefficient (Wildman–Crippen LogP) is -2.48. The number of carbonyl (C=O) groups is 5. The molecule has 0 saturated carbocycles. The summed E-state index contributed by atoms with van der Waals surface area (Å²) in [6, 6.07) is -4.24. The number of nitrogens with zero attached hydrogens (tertiary/aromatic N) is 2. The van der Waals surface area contributed by atoms with Crippen LogP contribution in [0, 0.1) is 0 Å². The van der Waals surface area contributed by atoms with Crippen molar-refractivity contribution in [2.75, 3.05) is 12.3 Å². The van der Waals surface area contributed by atoms with E-state index in [2.05, 4.69) is 33.2 Å². The Hall–Kier alpha value is -3.13. The molecule has 2 rings (SSSR count). The molecule has 2 heterocycles. The van der Waals surface area contributed by atoms with Gasteiger partial charge in [-0.3, -0.25) is 19.2 Å². The molecule has 1 saturated heterocycles. The van der Waals surface area contributed by atoms with Gasteiger partial charge >= 0.3 is 5.97 Å². The Morgan fingerprint density at radius 2 is 1.94 bits per heavy atom. The molecule has 0 aliphatic carbocycles. The van der Waals surface area contributed by atoms with Crippen LogP contribution in [0.3, 0.4) is 0 Å². The Morgan fingerprint density at radius 3 is 2.52 bits per heavy atom. The normalized spacial score (nSPS) is 18.2. The first-order chi connectivity index (χ1) is 15.6. The quantitative estimate of drug-likeness (QED) is 0.158. The van der Waals surface area contributed by atoms with E-state index in [-0.39, 0.29) is 31.6 Å². The van der Waals surface area contributed by atoms with Gasteiger partial charge in [-0.25, -0.2) is 9.78 Å². The lowest BCUT2D eigenvalue weighted by Gasteiger charge is -2.28. The first-order valence-electron chi connectivity index (χ1n) is 10.4. The lowest BCUT2D eigenvalue weighted by atomic mass is 10.1. The van der Waals surface area contributed by atoms with E-state index in [9.17, 15) is 29.1 Å². The van der Waals surface area contributed by atoms with Crippen molar-refractivity contribution >= 4 is 42.2 Å². The Morgan fingerprint density at radius 1 is 1.24 bits per heavy atom. The maximum atomic E-state index is 13.0. The van der Waals surface area contributed by atoms with E-state index in [1.54, 1.807) is 0 Å². The molecule has 13 nitrogen and oxygen atoms in total. The van der Waals surface area contributed by atoms with Crippen LogP contribution in [-0.4, -0.2) is 86.0 Å². The van der Waals surface area contributed by atoms with Crippen molar-refractivity contribution in [1.82, 2.24) is 25.5 Å². The summed E-state index contributed by atoms with van der Waals surface area (Å²) in [6.07, 6.45) is 3.68. The van der Waals surface area contributed by atoms with Crippen molar-refractivity contribution in [2.24, 2.45) is 11.5 Å². The van der Waals surface area contributed by atoms with Crippen molar-refractivity contribution < 1.29 is 29.1 Å². The molecule has 14 heteroatoms. The molecule has 4 unspecified atom stereocenters. The molecule has 1 aromatic rings. The van der Waals surface area contributed by atoms with Crippen molar-refractivity contribution in [1.29, 1.82) is 0 Å². The van der Waals surface area contributed by atoms with E-state index in [0.717, 1.165) is 0 Å². The lowest BCUT2D eigenvalue weighted by Crippen LogP contribution is -2.58. The van der Waals surface area contributed by atoms with Crippen molar-refractivity contribution in [2.45, 2.75) is 56.3 Å². The largest absolute Gasteiger partial charge is 0.480 e. The van der Waals surface area contributed by atoms with Crippen LogP contribution in [0.15, 0.2) is 12.5 Å². The number of carbonyl (C=O) groups excluding carboxylic acids is 4. The number of aromatic amines is 1. The monoisotopic (exact) mass is 483 g/mol. The molecule has 1 aliphatic heterocycles. The molecule has 4 amide bonds. The fourth-order valence-electron chi connectivity index (χ4n) is 3.48. The summed E-state index contributed by atoms with van der Waals surface area (Å²) in [5, 5.41) is 14.4. The van der Waals surface area contributed by atoms with Crippen LogP contribution in [0.5, 0.6) is 0 Å². The fraction of sp³-hybridized carbons (Fsp3) is 0.579. The second-order valence-electron chi connectivity index (χ2n) is 7.73. The average Bonchev–Trinajstić information content (AvgIpc) is 3.46. The molecule has 0 bridgehead atoms. The fourth-order valence-corrected chi connectivity index (χ4v) is 3.73. The highest BCUT2D eigenvalue weighted by molar-refractivity contribution is 7.80. The second kappa shape index (κ2) is 12.2. The summed E-state index contributed by atoms with van der Waals surface area (Å²) in [7, 11) is 0. The van der Waals surface area contributed by atoms with Crippen LogP contribution in [-0.2, 0) is 30.4 Å². The first-order valence-corrected chi connectivity index (χ1v) is 11.0. The van der Waals surface area contributed by atoms with E-state index < -0.39 is 53.8 Å². The van der Waals surface area contributed by atoms with Gasteiger partial charge in [-0.2, -0.15) is 12.6 Å². The van der Waals surface area contributed by atoms with Crippen molar-refractivity contribution in [3.05, 3.63) is 18.2 Å². The number of imidazole rings is 1. The van der Waals surface area contributed by atoms with Crippen LogP contribution in [0.4, 0.5) is 0 Å². The maximum Gasteiger partial charge on any atom is 0.326 e. The average molecular weight is 484 g/mol. The maximum absolute atomic E-state index is 13.0. The molecule has 0 radical (unpaired) electrons. The third-order valence-electron chi connectivity index (χ3n) is 5.27. The van der Waals surface area contributed by atoms with Crippen LogP contribution >= 0.6 is 12.6 Å². The molecular formula is C19H29N7O6S. The summed E-state index contributed by atoms with van der Waals surface area (Å²) in [6.45, 7) is 0.263. The van der Waals surface area contributed by atoms with Gasteiger partial charge in [0.05, 0.1) is 12.4 Å². The lowest BCUT2D eigenvalue weighted by molar-refractivity contribution is -0.149. The number of likely N-dealkylation sites (tertiary alicyclic amines) is 1. The summed E-state index contributed by atoms with van der Waals surface area (Å²) >= 11 is 4.13. The molecule has 1 aromatic heterocycles. The third kappa shape index (κ3) is 7.46. The first kappa shape index (κ1) is 26.1. The van der Waals surface area contributed by atoms with Gasteiger partial charge in [0.2, 0.25) is 23.6 Å². The van der Waals surface area contributed by atoms with E-state index in [0.29, 0.717) is 18.5 Å². The predicted molar refractivity (Wildman–Crippen MR) is 119 cm³/mol. The van der Waals surface area contributed by atoms with Crippen LogP contribution in [0.25, 0.3) is 0 Å². The minimum Gasteiger partial charge on any atom is -0.480 e. The minimum atomic E-state index is -1.12. The van der Waals surface area contributed by atoms with Crippen molar-refractivity contribution in [3.8, 4) is 0 Å². The Bertz CT molecular complexity index is 865. The summed E-state index contributed by atoms with van der Waals surface area (Å²) < 4.78 is 0. The zero-order valence-electron chi connectivity index (χ0n) is 17.9. The topological polar surface area (TPSA) is 214 Å². The minimum absolute atomic E-state index is 0.00283. The number of H-pyrrole nitrogens is 1. The van der Waals surface area contributed by atoms with Crippen LogP contribution in [0.2, 0.25) is 0 Å². The zero-order valence-corrected chi connectivity index (χ0v) is 18.8. The smallest absolute Gasteiger partial charge is 0.326 e. The van der Waals surface area contributed by atoms with Gasteiger partial charge in [0.15, 0.2) is 0 Å². The SMILES string of the molecule is NC(=O)CCC(N)C(=O)NC(Cc1cnc[nH]1)C(=O)NC(CS)C(=O)N1CCCC1C(=O)O. The number of thiol groups is 1. The number of primary amides is 1. The van der Waals surface area contributed by atoms with Crippen LogP contribution in [0.1, 0.15) is 31.4 Å². The highest BCUT2D eigenvalue weighted by Gasteiger charge is 2.38. The molecule has 182 valence electrons. The van der Waals surface area contributed by atoms with E-state index >= 15 is 0 Å². The number of aliphatic carboxylic acids is 1. The van der Waals surface area contributed by atoms with Crippen LogP contribution < -0.4 is 22.1 Å². The van der Waals surface area contributed by atoms with Gasteiger partial charge in [0, 0.05) is 37.0 Å². The number of rotatable bonds is 12. The van der Waals surface area contributed by atoms with Gasteiger partial charge < -0.3 is 37.1 Å². The molecule has 1 fully saturated rings. The summed E-state index contributed by atoms with van der Waals surface area (Å²) in [4.78, 5) is 68.6. The number of carboxylic acids is 1. The number of nitrogens with one attached hydrogen (secondary N) is 3. The summed E-state index contributed by atoms with van der Waals surface area (Å²) in [5.41, 5.74) is 11.4. The molecule has 8 N–H and O–H groups in total. The number of hydrogen-bond acceptors (Lipinski definition) is 8. The van der Waals surface area contributed by atoms with Gasteiger partial charge in [-0.1, -0.05) is 0 Å². The zero-order chi connectivity index (χ0) is 24.5. The number of nitrogens with two attached hydrogens (primary N) is 2. The molecule has 1 aliphatic rings. The molecule has 33 heavy (non-hydrogen) atoms. The number of aromatic nitrogens is 2. The third-order valence-corrected chi connectivity index (χ3v) is 5.63. The number of carboxylic acid groups (broad SMARTS) is 1. The number of hydrogen-bond donors (Lipinski definition) is 7. The van der Waals surface area contributed by atoms with E-state index in [4.69, 9.17) is 11.5 Å². The highest BCUT2D eigenvalue weighted by atomic mass is 32.1. The van der Waals surface area contributed by atoms with Gasteiger partial charge in [-0.15, -0.1) is 0 Å². The standard InChI is InChI=1S/C19H29N7O6S/c20-11(3-4-15(21)27)16(28)24-12(6-10-7-22-9-23-10)17(29)25-13(8-33)18(30)26-5-1-2-14(26)19(31)32/h7,9,11-14,33H,1-6,8,20H2,(H2,21,27)(H,22,23)(H,24,28)(H,25,29)(H,31,32).